The molecule has 0 aromatic heterocycles. The number of rotatable bonds is 8. The van der Waals surface area contributed by atoms with E-state index in [0.717, 1.165) is 16.3 Å². The Hall–Kier alpha value is -2.94. The van der Waals surface area contributed by atoms with Crippen LogP contribution in [0.15, 0.2) is 71.6 Å². The fourth-order valence-electron chi connectivity index (χ4n) is 4.13. The summed E-state index contributed by atoms with van der Waals surface area (Å²) in [7, 11) is -1.97. The second-order valence-electron chi connectivity index (χ2n) is 8.09. The fourth-order valence-corrected chi connectivity index (χ4v) is 5.55. The third kappa shape index (κ3) is 5.52. The van der Waals surface area contributed by atoms with Crippen LogP contribution in [0.1, 0.15) is 5.56 Å². The van der Waals surface area contributed by atoms with Crippen LogP contribution in [0.25, 0.3) is 10.8 Å². The summed E-state index contributed by atoms with van der Waals surface area (Å²) < 4.78 is 32.4. The van der Waals surface area contributed by atoms with Gasteiger partial charge >= 0.3 is 0 Å². The van der Waals surface area contributed by atoms with Gasteiger partial charge in [0, 0.05) is 39.3 Å². The highest BCUT2D eigenvalue weighted by Gasteiger charge is 2.28. The van der Waals surface area contributed by atoms with Crippen LogP contribution >= 0.6 is 0 Å². The molecule has 3 aromatic carbocycles. The Morgan fingerprint density at radius 2 is 1.64 bits per heavy atom. The van der Waals surface area contributed by atoms with E-state index in [1.807, 2.05) is 42.5 Å². The third-order valence-corrected chi connectivity index (χ3v) is 7.92. The van der Waals surface area contributed by atoms with Gasteiger partial charge in [0.25, 0.3) is 0 Å². The number of piperazine rings is 1. The second-order valence-corrected chi connectivity index (χ2v) is 10.0. The Balaban J connectivity index is 1.23. The molecule has 1 aliphatic rings. The van der Waals surface area contributed by atoms with Crippen LogP contribution in [0, 0.1) is 0 Å². The topological polar surface area (TPSA) is 79.0 Å². The summed E-state index contributed by atoms with van der Waals surface area (Å²) in [5, 5.41) is 5.23. The van der Waals surface area contributed by atoms with E-state index in [2.05, 4.69) is 10.2 Å². The Bertz CT molecular complexity index is 1200. The lowest BCUT2D eigenvalue weighted by atomic mass is 10.0. The lowest BCUT2D eigenvalue weighted by Crippen LogP contribution is -2.50. The molecule has 33 heavy (non-hydrogen) atoms. The lowest BCUT2D eigenvalue weighted by Gasteiger charge is -2.34. The number of fused-ring (bicyclic) bond motifs is 1. The van der Waals surface area contributed by atoms with E-state index in [1.165, 1.54) is 4.31 Å². The molecule has 0 aliphatic carbocycles. The Morgan fingerprint density at radius 3 is 2.36 bits per heavy atom. The van der Waals surface area contributed by atoms with Crippen molar-refractivity contribution in [3.63, 3.8) is 0 Å². The zero-order valence-corrected chi connectivity index (χ0v) is 19.6. The van der Waals surface area contributed by atoms with E-state index in [-0.39, 0.29) is 10.8 Å². The smallest absolute Gasteiger partial charge is 0.243 e. The average molecular weight is 468 g/mol. The van der Waals surface area contributed by atoms with E-state index in [9.17, 15) is 13.2 Å². The van der Waals surface area contributed by atoms with Crippen molar-refractivity contribution in [1.29, 1.82) is 0 Å². The molecule has 0 saturated carbocycles. The van der Waals surface area contributed by atoms with E-state index in [4.69, 9.17) is 4.74 Å². The zero-order chi connectivity index (χ0) is 23.3. The highest BCUT2D eigenvalue weighted by molar-refractivity contribution is 7.89. The number of hydrogen-bond acceptors (Lipinski definition) is 5. The molecule has 0 atom stereocenters. The molecule has 0 unspecified atom stereocenters. The molecule has 1 fully saturated rings. The van der Waals surface area contributed by atoms with Crippen LogP contribution < -0.4 is 10.1 Å². The minimum Gasteiger partial charge on any atom is -0.497 e. The molecule has 8 heteroatoms. The first-order valence-electron chi connectivity index (χ1n) is 11.1. The summed E-state index contributed by atoms with van der Waals surface area (Å²) in [5.74, 6) is 0.619. The third-order valence-electron chi connectivity index (χ3n) is 6.01. The fraction of sp³-hybridized carbons (Fsp3) is 0.320. The zero-order valence-electron chi connectivity index (χ0n) is 18.7. The summed E-state index contributed by atoms with van der Waals surface area (Å²) in [4.78, 5) is 14.9. The molecule has 0 bridgehead atoms. The molecule has 1 aliphatic heterocycles. The summed E-state index contributed by atoms with van der Waals surface area (Å²) >= 11 is 0. The first-order valence-corrected chi connectivity index (χ1v) is 12.5. The van der Waals surface area contributed by atoms with Crippen molar-refractivity contribution >= 4 is 26.7 Å². The van der Waals surface area contributed by atoms with E-state index in [0.29, 0.717) is 51.4 Å². The number of sulfonamides is 1. The molecule has 1 N–H and O–H groups in total. The van der Waals surface area contributed by atoms with Crippen LogP contribution in [0.4, 0.5) is 0 Å². The van der Waals surface area contributed by atoms with Gasteiger partial charge in [-0.3, -0.25) is 9.69 Å². The van der Waals surface area contributed by atoms with Crippen molar-refractivity contribution in [2.45, 2.75) is 11.3 Å². The normalized spacial score (nSPS) is 15.4. The molecule has 0 spiro atoms. The van der Waals surface area contributed by atoms with E-state index < -0.39 is 10.0 Å². The molecule has 174 valence electrons. The second kappa shape index (κ2) is 10.3. The van der Waals surface area contributed by atoms with Crippen molar-refractivity contribution in [2.75, 3.05) is 46.4 Å². The maximum absolute atomic E-state index is 12.9. The summed E-state index contributed by atoms with van der Waals surface area (Å²) in [6.45, 7) is 3.35. The number of amides is 1. The number of carbonyl (C=O) groups is 1. The standard InChI is InChI=1S/C25H29N3O4S/c1-32-22-9-11-23(12-10-22)33(30,31)28-17-15-27(16-18-28)14-13-26-25(29)19-21-7-4-6-20-5-2-3-8-24(20)21/h2-12H,13-19H2,1H3,(H,26,29). The predicted molar refractivity (Wildman–Crippen MR) is 129 cm³/mol. The number of carbonyl (C=O) groups excluding carboxylic acids is 1. The maximum Gasteiger partial charge on any atom is 0.243 e. The summed E-state index contributed by atoms with van der Waals surface area (Å²) in [6.07, 6.45) is 0.342. The van der Waals surface area contributed by atoms with Crippen molar-refractivity contribution < 1.29 is 17.9 Å². The van der Waals surface area contributed by atoms with Gasteiger partial charge in [-0.2, -0.15) is 4.31 Å². The van der Waals surface area contributed by atoms with Crippen LogP contribution in [-0.2, 0) is 21.2 Å². The molecule has 7 nitrogen and oxygen atoms in total. The summed E-state index contributed by atoms with van der Waals surface area (Å²) in [5.41, 5.74) is 1.02. The number of benzene rings is 3. The number of ether oxygens (including phenoxy) is 1. The minimum atomic E-state index is -3.52. The van der Waals surface area contributed by atoms with Gasteiger partial charge in [0.05, 0.1) is 18.4 Å². The van der Waals surface area contributed by atoms with Crippen molar-refractivity contribution in [3.8, 4) is 5.75 Å². The van der Waals surface area contributed by atoms with Gasteiger partial charge in [-0.15, -0.1) is 0 Å². The van der Waals surface area contributed by atoms with Crippen molar-refractivity contribution in [3.05, 3.63) is 72.3 Å². The predicted octanol–water partition coefficient (Wildman–Crippen LogP) is 2.51. The van der Waals surface area contributed by atoms with Gasteiger partial charge in [0.2, 0.25) is 15.9 Å². The van der Waals surface area contributed by atoms with Gasteiger partial charge in [-0.25, -0.2) is 8.42 Å². The van der Waals surface area contributed by atoms with Gasteiger partial charge in [-0.05, 0) is 40.6 Å². The van der Waals surface area contributed by atoms with Crippen LogP contribution in [0.3, 0.4) is 0 Å². The molecular formula is C25H29N3O4S. The number of nitrogens with zero attached hydrogens (tertiary/aromatic N) is 2. The SMILES string of the molecule is COc1ccc(S(=O)(=O)N2CCN(CCNC(=O)Cc3cccc4ccccc34)CC2)cc1. The average Bonchev–Trinajstić information content (AvgIpc) is 2.84. The Labute approximate surface area is 195 Å². The Morgan fingerprint density at radius 1 is 0.939 bits per heavy atom. The van der Waals surface area contributed by atoms with Gasteiger partial charge in [-0.1, -0.05) is 42.5 Å². The monoisotopic (exact) mass is 467 g/mol. The summed E-state index contributed by atoms with van der Waals surface area (Å²) in [6, 6.07) is 20.5. The quantitative estimate of drug-likeness (QED) is 0.551. The molecule has 0 radical (unpaired) electrons. The highest BCUT2D eigenvalue weighted by Crippen LogP contribution is 2.21. The number of nitrogens with one attached hydrogen (secondary N) is 1. The molecule has 1 saturated heterocycles. The molecule has 3 aromatic rings. The largest absolute Gasteiger partial charge is 0.497 e. The maximum atomic E-state index is 12.9. The van der Waals surface area contributed by atoms with Gasteiger partial charge in [0.1, 0.15) is 5.75 Å². The van der Waals surface area contributed by atoms with Crippen LogP contribution in [-0.4, -0.2) is 69.9 Å². The van der Waals surface area contributed by atoms with Crippen molar-refractivity contribution in [2.24, 2.45) is 0 Å². The van der Waals surface area contributed by atoms with Gasteiger partial charge < -0.3 is 10.1 Å². The number of methoxy groups -OCH3 is 1. The number of hydrogen-bond donors (Lipinski definition) is 1. The molecule has 1 amide bonds. The van der Waals surface area contributed by atoms with Crippen LogP contribution in [0.5, 0.6) is 5.75 Å². The first-order chi connectivity index (χ1) is 16.0. The molecule has 4 rings (SSSR count). The van der Waals surface area contributed by atoms with Crippen molar-refractivity contribution in [1.82, 2.24) is 14.5 Å². The lowest BCUT2D eigenvalue weighted by molar-refractivity contribution is -0.120. The highest BCUT2D eigenvalue weighted by atomic mass is 32.2. The Kier molecular flexibility index (Phi) is 7.27. The molecule has 1 heterocycles. The minimum absolute atomic E-state index is 0.00734. The van der Waals surface area contributed by atoms with Gasteiger partial charge in [0.15, 0.2) is 0 Å². The van der Waals surface area contributed by atoms with E-state index in [1.54, 1.807) is 31.4 Å². The van der Waals surface area contributed by atoms with E-state index >= 15 is 0 Å². The van der Waals surface area contributed by atoms with Crippen LogP contribution in [0.2, 0.25) is 0 Å². The first kappa shape index (κ1) is 23.2. The molecular weight excluding hydrogens is 438 g/mol.